The number of carbonyl (C=O) groups is 2. The second kappa shape index (κ2) is 9.73. The predicted octanol–water partition coefficient (Wildman–Crippen LogP) is 2.67. The summed E-state index contributed by atoms with van der Waals surface area (Å²) in [5, 5.41) is 8.54. The van der Waals surface area contributed by atoms with E-state index in [1.807, 2.05) is 28.0 Å². The first-order valence-corrected chi connectivity index (χ1v) is 11.5. The van der Waals surface area contributed by atoms with Gasteiger partial charge in [0.25, 0.3) is 0 Å². The van der Waals surface area contributed by atoms with E-state index in [1.165, 1.54) is 0 Å². The van der Waals surface area contributed by atoms with E-state index in [1.54, 1.807) is 13.0 Å². The number of aryl methyl sites for hydroxylation is 1. The average molecular weight is 441 g/mol. The molecule has 1 amide bonds. The Bertz CT molecular complexity index is 1000. The van der Waals surface area contributed by atoms with Crippen LogP contribution < -0.4 is 5.73 Å². The number of hydrogen-bond acceptors (Lipinski definition) is 6. The number of rotatable bonds is 8. The Hall–Kier alpha value is -2.87. The van der Waals surface area contributed by atoms with Crippen LogP contribution in [-0.2, 0) is 20.7 Å². The molecular formula is C24H32N4O4. The van der Waals surface area contributed by atoms with Crippen LogP contribution in [0.2, 0.25) is 0 Å². The maximum absolute atomic E-state index is 13.3. The molecule has 0 radical (unpaired) electrons. The Morgan fingerprint density at radius 3 is 2.81 bits per heavy atom. The van der Waals surface area contributed by atoms with Gasteiger partial charge in [0.1, 0.15) is 17.2 Å². The molecule has 0 spiro atoms. The van der Waals surface area contributed by atoms with E-state index in [9.17, 15) is 9.59 Å². The molecule has 172 valence electrons. The molecule has 2 aliphatic heterocycles. The number of amidine groups is 1. The molecule has 2 aliphatic rings. The number of hydrogen-bond donors (Lipinski definition) is 2. The van der Waals surface area contributed by atoms with Crippen molar-refractivity contribution in [2.75, 3.05) is 26.2 Å². The lowest BCUT2D eigenvalue weighted by Crippen LogP contribution is -2.48. The van der Waals surface area contributed by atoms with Gasteiger partial charge in [-0.05, 0) is 69.8 Å². The number of amides is 1. The molecule has 0 bridgehead atoms. The quantitative estimate of drug-likeness (QED) is 0.371. The highest BCUT2D eigenvalue weighted by atomic mass is 16.5. The van der Waals surface area contributed by atoms with Crippen LogP contribution >= 0.6 is 0 Å². The number of likely N-dealkylation sites (tertiary alicyclic amines) is 2. The van der Waals surface area contributed by atoms with Crippen molar-refractivity contribution in [3.05, 3.63) is 35.6 Å². The summed E-state index contributed by atoms with van der Waals surface area (Å²) in [6.07, 6.45) is 5.30. The van der Waals surface area contributed by atoms with Crippen LogP contribution in [0.5, 0.6) is 0 Å². The van der Waals surface area contributed by atoms with Gasteiger partial charge in [-0.25, -0.2) is 0 Å². The zero-order valence-corrected chi connectivity index (χ0v) is 18.6. The molecule has 3 N–H and O–H groups in total. The average Bonchev–Trinajstić information content (AvgIpc) is 3.50. The fourth-order valence-corrected chi connectivity index (χ4v) is 4.98. The maximum Gasteiger partial charge on any atom is 0.320 e. The number of carbonyl (C=O) groups excluding carboxylic acids is 2. The fraction of sp³-hybridized carbons (Fsp3) is 0.542. The van der Waals surface area contributed by atoms with Crippen molar-refractivity contribution in [3.63, 3.8) is 0 Å². The lowest BCUT2D eigenvalue weighted by molar-refractivity contribution is -0.146. The molecule has 2 fully saturated rings. The smallest absolute Gasteiger partial charge is 0.320 e. The van der Waals surface area contributed by atoms with Crippen LogP contribution in [0.25, 0.3) is 11.0 Å². The van der Waals surface area contributed by atoms with Crippen LogP contribution in [0.1, 0.15) is 50.4 Å². The summed E-state index contributed by atoms with van der Waals surface area (Å²) >= 11 is 0. The number of benzene rings is 1. The predicted molar refractivity (Wildman–Crippen MR) is 122 cm³/mol. The number of nitrogens with zero attached hydrogens (tertiary/aromatic N) is 2. The summed E-state index contributed by atoms with van der Waals surface area (Å²) in [6, 6.07) is 7.47. The largest absolute Gasteiger partial charge is 0.465 e. The molecule has 1 aromatic heterocycles. The topological polar surface area (TPSA) is 113 Å². The molecular weight excluding hydrogens is 408 g/mol. The third-order valence-corrected chi connectivity index (χ3v) is 6.55. The van der Waals surface area contributed by atoms with Crippen molar-refractivity contribution >= 4 is 28.7 Å². The van der Waals surface area contributed by atoms with E-state index < -0.39 is 0 Å². The lowest BCUT2D eigenvalue weighted by Gasteiger charge is -2.31. The normalized spacial score (nSPS) is 21.3. The van der Waals surface area contributed by atoms with E-state index in [4.69, 9.17) is 20.3 Å². The number of fused-ring (bicyclic) bond motifs is 1. The van der Waals surface area contributed by atoms with Crippen LogP contribution in [0.15, 0.2) is 28.7 Å². The number of nitrogens with one attached hydrogen (secondary N) is 1. The van der Waals surface area contributed by atoms with Gasteiger partial charge in [0, 0.05) is 30.0 Å². The highest BCUT2D eigenvalue weighted by Gasteiger charge is 2.38. The van der Waals surface area contributed by atoms with Crippen molar-refractivity contribution in [3.8, 4) is 0 Å². The van der Waals surface area contributed by atoms with Crippen molar-refractivity contribution in [1.29, 1.82) is 5.41 Å². The first kappa shape index (κ1) is 22.3. The van der Waals surface area contributed by atoms with Gasteiger partial charge < -0.3 is 19.8 Å². The summed E-state index contributed by atoms with van der Waals surface area (Å²) in [5.74, 6) is 0.802. The Balaban J connectivity index is 1.38. The van der Waals surface area contributed by atoms with Crippen LogP contribution in [-0.4, -0.2) is 65.8 Å². The van der Waals surface area contributed by atoms with Crippen LogP contribution in [0.4, 0.5) is 0 Å². The van der Waals surface area contributed by atoms with E-state index in [0.29, 0.717) is 12.2 Å². The highest BCUT2D eigenvalue weighted by molar-refractivity contribution is 5.98. The highest BCUT2D eigenvalue weighted by Crippen LogP contribution is 2.28. The molecule has 0 unspecified atom stereocenters. The number of nitrogen functional groups attached to an aromatic ring is 1. The van der Waals surface area contributed by atoms with E-state index in [0.717, 1.165) is 68.3 Å². The van der Waals surface area contributed by atoms with Crippen molar-refractivity contribution < 1.29 is 18.7 Å². The molecule has 1 aromatic carbocycles. The Labute approximate surface area is 188 Å². The SMILES string of the molecule is CCOC(=O)CN1CCC[C@@H]1C(=O)N1CCC[C@H]1CCc1cc2cc(C(=N)N)ccc2o1. The summed E-state index contributed by atoms with van der Waals surface area (Å²) < 4.78 is 11.0. The van der Waals surface area contributed by atoms with Crippen LogP contribution in [0, 0.1) is 5.41 Å². The first-order chi connectivity index (χ1) is 15.5. The van der Waals surface area contributed by atoms with Crippen LogP contribution in [0.3, 0.4) is 0 Å². The minimum atomic E-state index is -0.261. The minimum Gasteiger partial charge on any atom is -0.465 e. The van der Waals surface area contributed by atoms with Gasteiger partial charge >= 0.3 is 5.97 Å². The molecule has 8 nitrogen and oxygen atoms in total. The zero-order chi connectivity index (χ0) is 22.7. The van der Waals surface area contributed by atoms with Gasteiger partial charge in [0.2, 0.25) is 5.91 Å². The van der Waals surface area contributed by atoms with E-state index >= 15 is 0 Å². The zero-order valence-electron chi connectivity index (χ0n) is 18.6. The molecule has 2 saturated heterocycles. The second-order valence-electron chi connectivity index (χ2n) is 8.68. The second-order valence-corrected chi connectivity index (χ2v) is 8.68. The molecule has 0 saturated carbocycles. The van der Waals surface area contributed by atoms with Gasteiger partial charge in [-0.1, -0.05) is 0 Å². The minimum absolute atomic E-state index is 0.0404. The standard InChI is InChI=1S/C24H32N4O4/c1-2-31-22(29)15-27-11-4-6-20(27)24(30)28-12-3-5-18(28)8-9-19-14-17-13-16(23(25)26)7-10-21(17)32-19/h7,10,13-14,18,20H,2-6,8-9,11-12,15H2,1H3,(H3,25,26)/t18-,20+/m0/s1. The van der Waals surface area contributed by atoms with Crippen molar-refractivity contribution in [1.82, 2.24) is 9.80 Å². The summed E-state index contributed by atoms with van der Waals surface area (Å²) in [7, 11) is 0. The fourth-order valence-electron chi connectivity index (χ4n) is 4.98. The number of nitrogens with two attached hydrogens (primary N) is 1. The van der Waals surface area contributed by atoms with Gasteiger partial charge in [0.15, 0.2) is 0 Å². The van der Waals surface area contributed by atoms with Gasteiger partial charge in [-0.2, -0.15) is 0 Å². The van der Waals surface area contributed by atoms with Gasteiger partial charge in [-0.15, -0.1) is 0 Å². The van der Waals surface area contributed by atoms with Gasteiger partial charge in [0.05, 0.1) is 19.2 Å². The Morgan fingerprint density at radius 1 is 1.22 bits per heavy atom. The van der Waals surface area contributed by atoms with Crippen molar-refractivity contribution in [2.45, 2.75) is 57.5 Å². The molecule has 32 heavy (non-hydrogen) atoms. The number of ether oxygens (including phenoxy) is 1. The number of furan rings is 1. The van der Waals surface area contributed by atoms with Crippen molar-refractivity contribution in [2.24, 2.45) is 5.73 Å². The third kappa shape index (κ3) is 4.80. The molecule has 2 atom stereocenters. The third-order valence-electron chi connectivity index (χ3n) is 6.55. The summed E-state index contributed by atoms with van der Waals surface area (Å²) in [5.41, 5.74) is 7.05. The Kier molecular flexibility index (Phi) is 6.79. The van der Waals surface area contributed by atoms with Gasteiger partial charge in [-0.3, -0.25) is 19.9 Å². The monoisotopic (exact) mass is 440 g/mol. The Morgan fingerprint density at radius 2 is 2.03 bits per heavy atom. The maximum atomic E-state index is 13.3. The van der Waals surface area contributed by atoms with E-state index in [-0.39, 0.29) is 36.3 Å². The van der Waals surface area contributed by atoms with E-state index in [2.05, 4.69) is 0 Å². The lowest BCUT2D eigenvalue weighted by atomic mass is 10.1. The first-order valence-electron chi connectivity index (χ1n) is 11.5. The summed E-state index contributed by atoms with van der Waals surface area (Å²) in [4.78, 5) is 29.3. The summed E-state index contributed by atoms with van der Waals surface area (Å²) in [6.45, 7) is 3.87. The molecule has 0 aliphatic carbocycles. The molecule has 3 heterocycles. The molecule has 4 rings (SSSR count). The number of esters is 1. The molecule has 8 heteroatoms. The molecule has 2 aromatic rings.